The monoisotopic (exact) mass is 584 g/mol. The molecular weight excluding hydrogens is 534 g/mol. The van der Waals surface area contributed by atoms with E-state index in [9.17, 15) is 8.78 Å². The number of hydrogen-bond donors (Lipinski definition) is 0. The average molecular weight is 585 g/mol. The number of hydrogen-bond acceptors (Lipinski definition) is 4. The minimum absolute atomic E-state index is 0.209. The van der Waals surface area contributed by atoms with Crippen LogP contribution in [0.4, 0.5) is 8.78 Å². The van der Waals surface area contributed by atoms with Gasteiger partial charge in [0.1, 0.15) is 0 Å². The summed E-state index contributed by atoms with van der Waals surface area (Å²) in [6, 6.07) is 9.54. The SMILES string of the molecule is [CH2-][C+]1CCC(OCCCCOc2ccc(-c3ccc(OCCCCCCOC4CCC(C)CC4)c(F)c3)cc2F)CC1. The molecule has 6 heteroatoms. The van der Waals surface area contributed by atoms with E-state index in [0.717, 1.165) is 76.7 Å². The van der Waals surface area contributed by atoms with Crippen molar-refractivity contribution in [1.29, 1.82) is 0 Å². The van der Waals surface area contributed by atoms with E-state index in [0.29, 0.717) is 43.2 Å². The second kappa shape index (κ2) is 17.7. The highest BCUT2D eigenvalue weighted by Gasteiger charge is 2.21. The molecule has 0 amide bonds. The van der Waals surface area contributed by atoms with E-state index < -0.39 is 11.6 Å². The lowest BCUT2D eigenvalue weighted by Crippen LogP contribution is -2.20. The summed E-state index contributed by atoms with van der Waals surface area (Å²) < 4.78 is 52.7. The maximum Gasteiger partial charge on any atom is 0.165 e. The Morgan fingerprint density at radius 2 is 1.10 bits per heavy atom. The molecule has 0 aromatic heterocycles. The molecule has 0 N–H and O–H groups in total. The third-order valence-corrected chi connectivity index (χ3v) is 8.60. The van der Waals surface area contributed by atoms with Gasteiger partial charge in [0.15, 0.2) is 23.1 Å². The Morgan fingerprint density at radius 3 is 1.62 bits per heavy atom. The second-order valence-corrected chi connectivity index (χ2v) is 12.2. The van der Waals surface area contributed by atoms with Crippen LogP contribution in [-0.2, 0) is 9.47 Å². The van der Waals surface area contributed by atoms with Gasteiger partial charge in [0.05, 0.1) is 38.3 Å². The molecule has 0 bridgehead atoms. The number of benzene rings is 2. The minimum atomic E-state index is -0.453. The lowest BCUT2D eigenvalue weighted by Gasteiger charge is -2.26. The van der Waals surface area contributed by atoms with Crippen molar-refractivity contribution in [3.05, 3.63) is 60.9 Å². The highest BCUT2D eigenvalue weighted by atomic mass is 19.1. The first kappa shape index (κ1) is 32.6. The van der Waals surface area contributed by atoms with E-state index in [1.165, 1.54) is 43.7 Å². The maximum absolute atomic E-state index is 14.7. The molecule has 0 spiro atoms. The third-order valence-electron chi connectivity index (χ3n) is 8.60. The number of unbranched alkanes of at least 4 members (excludes halogenated alkanes) is 4. The van der Waals surface area contributed by atoms with Gasteiger partial charge in [0, 0.05) is 26.1 Å². The fourth-order valence-electron chi connectivity index (χ4n) is 5.78. The van der Waals surface area contributed by atoms with Crippen molar-refractivity contribution in [3.8, 4) is 22.6 Å². The largest absolute Gasteiger partial charge is 0.491 e. The fraction of sp³-hybridized carbons (Fsp3) is 0.611. The molecule has 4 rings (SSSR count). The number of halogens is 2. The quantitative estimate of drug-likeness (QED) is 0.137. The molecule has 4 nitrogen and oxygen atoms in total. The molecule has 2 fully saturated rings. The lowest BCUT2D eigenvalue weighted by molar-refractivity contribution is 0.0178. The van der Waals surface area contributed by atoms with Gasteiger partial charge < -0.3 is 18.9 Å². The molecule has 42 heavy (non-hydrogen) atoms. The Morgan fingerprint density at radius 1 is 0.643 bits per heavy atom. The van der Waals surface area contributed by atoms with Crippen LogP contribution in [0.5, 0.6) is 11.5 Å². The fourth-order valence-corrected chi connectivity index (χ4v) is 5.78. The maximum atomic E-state index is 14.7. The van der Waals surface area contributed by atoms with Crippen molar-refractivity contribution in [3.63, 3.8) is 0 Å². The van der Waals surface area contributed by atoms with Gasteiger partial charge in [-0.3, -0.25) is 0 Å². The van der Waals surface area contributed by atoms with E-state index >= 15 is 0 Å². The van der Waals surface area contributed by atoms with Gasteiger partial charge >= 0.3 is 0 Å². The summed E-state index contributed by atoms with van der Waals surface area (Å²) >= 11 is 0. The van der Waals surface area contributed by atoms with Crippen molar-refractivity contribution < 1.29 is 27.7 Å². The van der Waals surface area contributed by atoms with E-state index in [1.54, 1.807) is 24.3 Å². The molecule has 0 atom stereocenters. The van der Waals surface area contributed by atoms with Crippen LogP contribution in [0.1, 0.15) is 96.8 Å². The molecule has 0 radical (unpaired) electrons. The van der Waals surface area contributed by atoms with Gasteiger partial charge in [-0.1, -0.05) is 31.4 Å². The van der Waals surface area contributed by atoms with E-state index in [4.69, 9.17) is 18.9 Å². The van der Waals surface area contributed by atoms with Crippen LogP contribution in [0.25, 0.3) is 11.1 Å². The van der Waals surface area contributed by atoms with Gasteiger partial charge in [-0.25, -0.2) is 8.78 Å². The molecule has 232 valence electrons. The summed E-state index contributed by atoms with van der Waals surface area (Å²) in [5, 5.41) is 0. The van der Waals surface area contributed by atoms with Crippen molar-refractivity contribution in [2.45, 2.75) is 109 Å². The van der Waals surface area contributed by atoms with E-state index in [-0.39, 0.29) is 11.5 Å². The van der Waals surface area contributed by atoms with Gasteiger partial charge in [-0.2, -0.15) is 0 Å². The third kappa shape index (κ3) is 11.1. The molecule has 0 aliphatic heterocycles. The Bertz CT molecular complexity index is 1040. The van der Waals surface area contributed by atoms with Crippen LogP contribution in [0.3, 0.4) is 0 Å². The van der Waals surface area contributed by atoms with Gasteiger partial charge in [0.25, 0.3) is 0 Å². The molecule has 2 saturated carbocycles. The predicted octanol–water partition coefficient (Wildman–Crippen LogP) is 9.69. The van der Waals surface area contributed by atoms with Gasteiger partial charge in [-0.05, 0) is 99.1 Å². The summed E-state index contributed by atoms with van der Waals surface area (Å²) in [4.78, 5) is 0. The normalized spacial score (nSPS) is 19.7. The number of rotatable bonds is 17. The van der Waals surface area contributed by atoms with E-state index in [1.807, 2.05) is 0 Å². The summed E-state index contributed by atoms with van der Waals surface area (Å²) in [6.45, 7) is 8.79. The van der Waals surface area contributed by atoms with Crippen LogP contribution in [0, 0.1) is 30.4 Å². The molecule has 2 aliphatic rings. The Labute approximate surface area is 252 Å². The van der Waals surface area contributed by atoms with E-state index in [2.05, 4.69) is 13.8 Å². The first-order chi connectivity index (χ1) is 20.5. The molecule has 0 heterocycles. The highest BCUT2D eigenvalue weighted by molar-refractivity contribution is 5.65. The minimum Gasteiger partial charge on any atom is -0.491 e. The first-order valence-electron chi connectivity index (χ1n) is 16.2. The summed E-state index contributed by atoms with van der Waals surface area (Å²) in [7, 11) is 0. The Hall–Kier alpha value is -2.31. The Kier molecular flexibility index (Phi) is 13.8. The Balaban J connectivity index is 1.08. The molecule has 2 aliphatic carbocycles. The second-order valence-electron chi connectivity index (χ2n) is 12.2. The zero-order chi connectivity index (χ0) is 29.6. The smallest absolute Gasteiger partial charge is 0.165 e. The van der Waals surface area contributed by atoms with Crippen LogP contribution in [-0.4, -0.2) is 38.6 Å². The van der Waals surface area contributed by atoms with Gasteiger partial charge in [-0.15, -0.1) is 6.92 Å². The zero-order valence-electron chi connectivity index (χ0n) is 25.5. The first-order valence-corrected chi connectivity index (χ1v) is 16.2. The zero-order valence-corrected chi connectivity index (χ0v) is 25.5. The van der Waals surface area contributed by atoms with Crippen LogP contribution >= 0.6 is 0 Å². The van der Waals surface area contributed by atoms with Crippen molar-refractivity contribution in [2.75, 3.05) is 26.4 Å². The summed E-state index contributed by atoms with van der Waals surface area (Å²) in [5.74, 6) is 1.72. The molecule has 2 aromatic rings. The van der Waals surface area contributed by atoms with Crippen LogP contribution in [0.15, 0.2) is 36.4 Å². The van der Waals surface area contributed by atoms with Crippen LogP contribution in [0.2, 0.25) is 0 Å². The van der Waals surface area contributed by atoms with Crippen molar-refractivity contribution >= 4 is 0 Å². The summed E-state index contributed by atoms with van der Waals surface area (Å²) in [6.07, 6.45) is 15.7. The average Bonchev–Trinajstić information content (AvgIpc) is 2.99. The van der Waals surface area contributed by atoms with Crippen LogP contribution < -0.4 is 9.47 Å². The van der Waals surface area contributed by atoms with Crippen molar-refractivity contribution in [1.82, 2.24) is 0 Å². The van der Waals surface area contributed by atoms with Crippen molar-refractivity contribution in [2.24, 2.45) is 5.92 Å². The lowest BCUT2D eigenvalue weighted by atomic mass is 9.89. The molecule has 0 unspecified atom stereocenters. The standard InChI is InChI=1S/C36H50F2O4/c1-27-9-15-31(16-10-27)39-21-5-3-4-6-23-41-35-19-13-29(25-33(35)37)30-14-20-36(34(38)26-30)42-24-8-7-22-40-32-17-11-28(2)12-18-32/h13-14,19-20,25-27,31-32H,2-12,15-18,21-24H2,1H3. The topological polar surface area (TPSA) is 36.9 Å². The molecule has 0 saturated heterocycles. The molecule has 2 aromatic carbocycles. The number of ether oxygens (including phenoxy) is 4. The van der Waals surface area contributed by atoms with Gasteiger partial charge in [0.2, 0.25) is 0 Å². The predicted molar refractivity (Wildman–Crippen MR) is 165 cm³/mol. The summed E-state index contributed by atoms with van der Waals surface area (Å²) in [5.41, 5.74) is 1.19. The molecular formula is C36H50F2O4. The highest BCUT2D eigenvalue weighted by Crippen LogP contribution is 2.30.